The Labute approximate surface area is 196 Å². The van der Waals surface area contributed by atoms with E-state index in [1.165, 1.54) is 12.1 Å². The second-order valence-electron chi connectivity index (χ2n) is 6.51. The van der Waals surface area contributed by atoms with E-state index in [0.29, 0.717) is 39.4 Å². The maximum atomic E-state index is 12.5. The van der Waals surface area contributed by atoms with E-state index in [1.54, 1.807) is 67.6 Å². The predicted octanol–water partition coefficient (Wildman–Crippen LogP) is 5.13. The van der Waals surface area contributed by atoms with E-state index in [1.807, 2.05) is 0 Å². The number of rotatable bonds is 7. The molecule has 7 nitrogen and oxygen atoms in total. The van der Waals surface area contributed by atoms with Crippen LogP contribution in [-0.4, -0.2) is 26.1 Å². The molecule has 32 heavy (non-hydrogen) atoms. The van der Waals surface area contributed by atoms with E-state index in [2.05, 4.69) is 15.4 Å². The number of ether oxygens (including phenoxy) is 1. The average molecular weight is 490 g/mol. The van der Waals surface area contributed by atoms with E-state index < -0.39 is 10.0 Å². The number of benzene rings is 3. The van der Waals surface area contributed by atoms with Gasteiger partial charge < -0.3 is 15.4 Å². The Morgan fingerprint density at radius 1 is 0.875 bits per heavy atom. The zero-order valence-electron chi connectivity index (χ0n) is 17.0. The molecule has 3 N–H and O–H groups in total. The van der Waals surface area contributed by atoms with Crippen molar-refractivity contribution in [2.75, 3.05) is 22.0 Å². The van der Waals surface area contributed by atoms with Crippen LogP contribution in [0.25, 0.3) is 0 Å². The molecule has 0 fully saturated rings. The van der Waals surface area contributed by atoms with Crippen LogP contribution in [0.4, 0.5) is 17.1 Å². The highest BCUT2D eigenvalue weighted by Crippen LogP contribution is 2.20. The molecule has 166 valence electrons. The van der Waals surface area contributed by atoms with E-state index in [4.69, 9.17) is 28.6 Å². The molecule has 10 heteroatoms. The van der Waals surface area contributed by atoms with Crippen LogP contribution in [0, 0.1) is 0 Å². The van der Waals surface area contributed by atoms with Crippen LogP contribution in [-0.2, 0) is 14.8 Å². The highest BCUT2D eigenvalue weighted by molar-refractivity contribution is 7.92. The summed E-state index contributed by atoms with van der Waals surface area (Å²) >= 11 is 11.1. The van der Waals surface area contributed by atoms with Crippen molar-refractivity contribution in [3.8, 4) is 0 Å². The molecule has 0 spiro atoms. The van der Waals surface area contributed by atoms with Gasteiger partial charge in [-0.15, -0.1) is 0 Å². The van der Waals surface area contributed by atoms with Gasteiger partial charge in [-0.3, -0.25) is 4.72 Å². The van der Waals surface area contributed by atoms with Crippen LogP contribution < -0.4 is 15.4 Å². The molecule has 0 unspecified atom stereocenters. The summed E-state index contributed by atoms with van der Waals surface area (Å²) in [6.07, 6.45) is 0. The van der Waals surface area contributed by atoms with Crippen molar-refractivity contribution in [2.24, 2.45) is 0 Å². The smallest absolute Gasteiger partial charge is 0.338 e. The fourth-order valence-electron chi connectivity index (χ4n) is 2.65. The Balaban J connectivity index is 1.59. The van der Waals surface area contributed by atoms with Gasteiger partial charge in [-0.1, -0.05) is 11.6 Å². The molecular weight excluding hydrogens is 470 g/mol. The van der Waals surface area contributed by atoms with Crippen LogP contribution in [0.2, 0.25) is 5.02 Å². The average Bonchev–Trinajstić information content (AvgIpc) is 2.76. The quantitative estimate of drug-likeness (QED) is 0.313. The second kappa shape index (κ2) is 10.4. The lowest BCUT2D eigenvalue weighted by Gasteiger charge is -2.12. The lowest BCUT2D eigenvalue weighted by Crippen LogP contribution is -2.19. The Morgan fingerprint density at radius 3 is 1.91 bits per heavy atom. The molecule has 3 aromatic carbocycles. The topological polar surface area (TPSA) is 96.5 Å². The van der Waals surface area contributed by atoms with E-state index in [-0.39, 0.29) is 10.9 Å². The molecule has 0 saturated heterocycles. The van der Waals surface area contributed by atoms with Crippen molar-refractivity contribution in [3.05, 3.63) is 83.4 Å². The number of nitrogens with one attached hydrogen (secondary N) is 3. The van der Waals surface area contributed by atoms with Crippen LogP contribution in [0.5, 0.6) is 0 Å². The molecule has 0 bridgehead atoms. The minimum atomic E-state index is -3.74. The maximum Gasteiger partial charge on any atom is 0.338 e. The summed E-state index contributed by atoms with van der Waals surface area (Å²) in [5.74, 6) is -0.389. The largest absolute Gasteiger partial charge is 0.462 e. The Hall–Kier alpha value is -3.14. The minimum Gasteiger partial charge on any atom is -0.462 e. The highest BCUT2D eigenvalue weighted by Gasteiger charge is 2.14. The van der Waals surface area contributed by atoms with E-state index >= 15 is 0 Å². The van der Waals surface area contributed by atoms with Gasteiger partial charge in [0.25, 0.3) is 10.0 Å². The monoisotopic (exact) mass is 489 g/mol. The van der Waals surface area contributed by atoms with Crippen LogP contribution in [0.1, 0.15) is 17.3 Å². The summed E-state index contributed by atoms with van der Waals surface area (Å²) in [5.41, 5.74) is 2.15. The van der Waals surface area contributed by atoms with Crippen LogP contribution >= 0.6 is 23.8 Å². The first-order valence-electron chi connectivity index (χ1n) is 9.50. The third-order valence-electron chi connectivity index (χ3n) is 4.17. The molecule has 0 aliphatic carbocycles. The van der Waals surface area contributed by atoms with Gasteiger partial charge in [0.05, 0.1) is 17.1 Å². The number of thiocarbonyl (C=S) groups is 1. The Bertz CT molecular complexity index is 1200. The summed E-state index contributed by atoms with van der Waals surface area (Å²) in [4.78, 5) is 11.8. The van der Waals surface area contributed by atoms with Gasteiger partial charge in [0, 0.05) is 22.1 Å². The molecule has 0 atom stereocenters. The fourth-order valence-corrected chi connectivity index (χ4v) is 4.07. The lowest BCUT2D eigenvalue weighted by atomic mass is 10.2. The van der Waals surface area contributed by atoms with Gasteiger partial charge in [-0.25, -0.2) is 13.2 Å². The number of carbonyl (C=O) groups excluding carboxylic acids is 1. The van der Waals surface area contributed by atoms with Gasteiger partial charge in [0.15, 0.2) is 5.11 Å². The fraction of sp³-hybridized carbons (Fsp3) is 0.0909. The van der Waals surface area contributed by atoms with Crippen LogP contribution in [0.15, 0.2) is 77.7 Å². The highest BCUT2D eigenvalue weighted by atomic mass is 35.5. The number of sulfonamides is 1. The van der Waals surface area contributed by atoms with Crippen LogP contribution in [0.3, 0.4) is 0 Å². The molecule has 3 rings (SSSR count). The zero-order valence-corrected chi connectivity index (χ0v) is 19.4. The second-order valence-corrected chi connectivity index (χ2v) is 9.04. The van der Waals surface area contributed by atoms with Crippen molar-refractivity contribution in [1.82, 2.24) is 0 Å². The summed E-state index contributed by atoms with van der Waals surface area (Å²) < 4.78 is 32.5. The minimum absolute atomic E-state index is 0.103. The molecule has 0 amide bonds. The van der Waals surface area contributed by atoms with Crippen molar-refractivity contribution in [1.29, 1.82) is 0 Å². The normalized spacial score (nSPS) is 10.8. The summed E-state index contributed by atoms with van der Waals surface area (Å²) in [6, 6.07) is 19.2. The summed E-state index contributed by atoms with van der Waals surface area (Å²) in [7, 11) is -3.74. The maximum absolute atomic E-state index is 12.5. The van der Waals surface area contributed by atoms with E-state index in [0.717, 1.165) is 0 Å². The first kappa shape index (κ1) is 23.5. The van der Waals surface area contributed by atoms with Gasteiger partial charge in [0.1, 0.15) is 0 Å². The third kappa shape index (κ3) is 6.43. The molecule has 0 aliphatic rings. The molecule has 3 aromatic rings. The van der Waals surface area contributed by atoms with Gasteiger partial charge in [-0.05, 0) is 91.9 Å². The SMILES string of the molecule is CCOC(=O)c1ccc(NC(=S)Nc2ccc(S(=O)(=O)Nc3ccc(Cl)cc3)cc2)cc1. The lowest BCUT2D eigenvalue weighted by molar-refractivity contribution is 0.0526. The Morgan fingerprint density at radius 2 is 1.38 bits per heavy atom. The van der Waals surface area contributed by atoms with Gasteiger partial charge >= 0.3 is 5.97 Å². The van der Waals surface area contributed by atoms with Gasteiger partial charge in [-0.2, -0.15) is 0 Å². The van der Waals surface area contributed by atoms with Crippen molar-refractivity contribution in [3.63, 3.8) is 0 Å². The number of hydrogen-bond donors (Lipinski definition) is 3. The molecule has 0 saturated carbocycles. The number of esters is 1. The number of carbonyl (C=O) groups is 1. The first-order valence-corrected chi connectivity index (χ1v) is 11.8. The summed E-state index contributed by atoms with van der Waals surface area (Å²) in [5, 5.41) is 6.80. The molecule has 0 radical (unpaired) electrons. The van der Waals surface area contributed by atoms with Crippen molar-refractivity contribution < 1.29 is 17.9 Å². The van der Waals surface area contributed by atoms with Crippen molar-refractivity contribution >= 4 is 62.0 Å². The van der Waals surface area contributed by atoms with E-state index in [9.17, 15) is 13.2 Å². The number of halogens is 1. The number of hydrogen-bond acceptors (Lipinski definition) is 5. The van der Waals surface area contributed by atoms with Crippen molar-refractivity contribution in [2.45, 2.75) is 11.8 Å². The Kier molecular flexibility index (Phi) is 7.68. The molecule has 0 heterocycles. The molecule has 0 aromatic heterocycles. The summed E-state index contributed by atoms with van der Waals surface area (Å²) in [6.45, 7) is 2.06. The first-order chi connectivity index (χ1) is 15.3. The number of anilines is 3. The third-order valence-corrected chi connectivity index (χ3v) is 6.03. The standard InChI is InChI=1S/C22H20ClN3O4S2/c1-2-30-21(27)15-3-7-17(8-4-15)24-22(31)25-18-11-13-20(14-12-18)32(28,29)26-19-9-5-16(23)6-10-19/h3-14,26H,2H2,1H3,(H2,24,25,31). The zero-order chi connectivity index (χ0) is 23.1. The molecular formula is C22H20ClN3O4S2. The molecule has 0 aliphatic heterocycles. The van der Waals surface area contributed by atoms with Gasteiger partial charge in [0.2, 0.25) is 0 Å². The predicted molar refractivity (Wildman–Crippen MR) is 131 cm³/mol.